The van der Waals surface area contributed by atoms with E-state index in [2.05, 4.69) is 20.9 Å². The van der Waals surface area contributed by atoms with Crippen molar-refractivity contribution in [1.29, 1.82) is 0 Å². The topological polar surface area (TPSA) is 56.0 Å². The van der Waals surface area contributed by atoms with E-state index >= 15 is 0 Å². The third-order valence-electron chi connectivity index (χ3n) is 1.58. The number of nitrogens with zero attached hydrogens (tertiary/aromatic N) is 2. The highest BCUT2D eigenvalue weighted by atomic mass is 127. The Morgan fingerprint density at radius 2 is 2.27 bits per heavy atom. The summed E-state index contributed by atoms with van der Waals surface area (Å²) in [5.41, 5.74) is -0.105. The van der Waals surface area contributed by atoms with E-state index in [0.29, 0.717) is 5.56 Å². The first-order valence-electron chi connectivity index (χ1n) is 3.65. The second-order valence-electron chi connectivity index (χ2n) is 2.53. The van der Waals surface area contributed by atoms with Gasteiger partial charge in [0.25, 0.3) is 0 Å². The van der Waals surface area contributed by atoms with Gasteiger partial charge in [-0.25, -0.2) is 8.78 Å². The molecular weight excluding hydrogens is 389 g/mol. The first-order valence-corrected chi connectivity index (χ1v) is 5.85. The zero-order valence-electron chi connectivity index (χ0n) is 7.08. The maximum Gasteiger partial charge on any atom is 0.364 e. The van der Waals surface area contributed by atoms with Gasteiger partial charge in [0.2, 0.25) is 5.69 Å². The minimum atomic E-state index is -2.81. The van der Waals surface area contributed by atoms with Gasteiger partial charge in [0.15, 0.2) is 0 Å². The molecule has 0 amide bonds. The molecule has 0 aliphatic rings. The Morgan fingerprint density at radius 1 is 1.67 bits per heavy atom. The molecule has 15 heavy (non-hydrogen) atoms. The lowest BCUT2D eigenvalue weighted by molar-refractivity contribution is -0.389. The van der Waals surface area contributed by atoms with Gasteiger partial charge in [-0.05, 0) is 38.1 Å². The van der Waals surface area contributed by atoms with Crippen LogP contribution in [-0.4, -0.2) is 9.91 Å². The highest BCUT2D eigenvalue weighted by Crippen LogP contribution is 2.29. The van der Waals surface area contributed by atoms with Crippen molar-refractivity contribution in [2.45, 2.75) is 11.8 Å². The molecule has 0 saturated carbocycles. The van der Waals surface area contributed by atoms with Crippen LogP contribution in [0.25, 0.3) is 0 Å². The lowest BCUT2D eigenvalue weighted by Crippen LogP contribution is -2.03. The number of hydrogen-bond donors (Lipinski definition) is 0. The highest BCUT2D eigenvalue weighted by Gasteiger charge is 2.25. The van der Waals surface area contributed by atoms with Gasteiger partial charge in [0, 0.05) is 11.4 Å². The second kappa shape index (κ2) is 5.10. The number of aromatic nitrogens is 1. The summed E-state index contributed by atoms with van der Waals surface area (Å²) in [6, 6.07) is 1.18. The Balaban J connectivity index is 3.38. The summed E-state index contributed by atoms with van der Waals surface area (Å²) in [4.78, 5) is 13.0. The van der Waals surface area contributed by atoms with E-state index in [0.717, 1.165) is 0 Å². The van der Waals surface area contributed by atoms with Crippen molar-refractivity contribution in [1.82, 2.24) is 4.98 Å². The van der Waals surface area contributed by atoms with E-state index < -0.39 is 22.9 Å². The number of rotatable bonds is 3. The average Bonchev–Trinajstić information content (AvgIpc) is 2.17. The lowest BCUT2D eigenvalue weighted by atomic mass is 10.2. The molecule has 0 aromatic carbocycles. The Kier molecular flexibility index (Phi) is 4.32. The molecule has 0 spiro atoms. The molecular formula is C7H4BrF2IN2O2. The smallest absolute Gasteiger partial charge is 0.358 e. The first-order chi connectivity index (χ1) is 6.97. The molecule has 0 aliphatic heterocycles. The van der Waals surface area contributed by atoms with Gasteiger partial charge < -0.3 is 10.1 Å². The zero-order valence-corrected chi connectivity index (χ0v) is 10.8. The third-order valence-corrected chi connectivity index (χ3v) is 3.43. The largest absolute Gasteiger partial charge is 0.364 e. The molecule has 0 aliphatic carbocycles. The highest BCUT2D eigenvalue weighted by molar-refractivity contribution is 14.1. The van der Waals surface area contributed by atoms with E-state index in [-0.39, 0.29) is 8.90 Å². The van der Waals surface area contributed by atoms with E-state index in [9.17, 15) is 18.9 Å². The fourth-order valence-corrected chi connectivity index (χ4v) is 2.59. The van der Waals surface area contributed by atoms with Crippen LogP contribution in [0, 0.1) is 13.7 Å². The Labute approximate surface area is 105 Å². The maximum atomic E-state index is 12.5. The monoisotopic (exact) mass is 392 g/mol. The Bertz CT molecular complexity index is 403. The molecule has 1 aromatic rings. The molecule has 0 unspecified atom stereocenters. The zero-order chi connectivity index (χ0) is 11.6. The summed E-state index contributed by atoms with van der Waals surface area (Å²) >= 11 is 4.78. The van der Waals surface area contributed by atoms with Gasteiger partial charge in [-0.2, -0.15) is 0 Å². The minimum Gasteiger partial charge on any atom is -0.358 e. The van der Waals surface area contributed by atoms with Crippen LogP contribution >= 0.6 is 38.5 Å². The molecule has 1 rings (SSSR count). The van der Waals surface area contributed by atoms with Gasteiger partial charge in [0.05, 0.1) is 3.57 Å². The number of hydrogen-bond acceptors (Lipinski definition) is 3. The van der Waals surface area contributed by atoms with Crippen LogP contribution in [0.2, 0.25) is 0 Å². The van der Waals surface area contributed by atoms with Gasteiger partial charge in [-0.15, -0.1) is 0 Å². The number of pyridine rings is 1. The van der Waals surface area contributed by atoms with E-state index in [1.807, 2.05) is 0 Å². The van der Waals surface area contributed by atoms with Gasteiger partial charge in [-0.3, -0.25) is 0 Å². The quantitative estimate of drug-likeness (QED) is 0.343. The molecule has 0 radical (unpaired) electrons. The molecule has 1 aromatic heterocycles. The molecule has 0 bridgehead atoms. The van der Waals surface area contributed by atoms with Crippen molar-refractivity contribution in [3.63, 3.8) is 0 Å². The summed E-state index contributed by atoms with van der Waals surface area (Å²) in [6.45, 7) is 0. The molecule has 4 nitrogen and oxygen atoms in total. The molecule has 82 valence electrons. The van der Waals surface area contributed by atoms with E-state index in [1.165, 1.54) is 6.07 Å². The summed E-state index contributed by atoms with van der Waals surface area (Å²) in [7, 11) is 0. The van der Waals surface area contributed by atoms with Gasteiger partial charge >= 0.3 is 12.2 Å². The number of nitro groups is 1. The molecule has 0 atom stereocenters. The summed E-state index contributed by atoms with van der Waals surface area (Å²) in [5.74, 6) is -0.555. The van der Waals surface area contributed by atoms with Crippen molar-refractivity contribution in [3.8, 4) is 0 Å². The van der Waals surface area contributed by atoms with E-state index in [4.69, 9.17) is 0 Å². The van der Waals surface area contributed by atoms with Crippen molar-refractivity contribution in [2.24, 2.45) is 0 Å². The first kappa shape index (κ1) is 12.7. The predicted molar refractivity (Wildman–Crippen MR) is 61.2 cm³/mol. The fraction of sp³-hybridized carbons (Fsp3) is 0.286. The minimum absolute atomic E-state index is 0.255. The summed E-state index contributed by atoms with van der Waals surface area (Å²) in [6.07, 6.45) is -2.81. The molecule has 1 heterocycles. The normalized spacial score (nSPS) is 10.7. The van der Waals surface area contributed by atoms with Gasteiger partial charge in [-0.1, -0.05) is 15.9 Å². The number of alkyl halides is 3. The average molecular weight is 393 g/mol. The molecule has 0 N–H and O–H groups in total. The Morgan fingerprint density at radius 3 is 2.67 bits per heavy atom. The van der Waals surface area contributed by atoms with Crippen LogP contribution in [0.1, 0.15) is 17.7 Å². The summed E-state index contributed by atoms with van der Waals surface area (Å²) < 4.78 is 25.2. The molecule has 0 fully saturated rings. The third kappa shape index (κ3) is 2.80. The predicted octanol–water partition coefficient (Wildman–Crippen LogP) is 3.43. The van der Waals surface area contributed by atoms with Crippen LogP contribution < -0.4 is 0 Å². The van der Waals surface area contributed by atoms with Crippen molar-refractivity contribution in [2.75, 3.05) is 0 Å². The van der Waals surface area contributed by atoms with Crippen LogP contribution in [0.5, 0.6) is 0 Å². The maximum absolute atomic E-state index is 12.5. The van der Waals surface area contributed by atoms with Crippen molar-refractivity contribution < 1.29 is 13.7 Å². The number of halogens is 4. The summed E-state index contributed by atoms with van der Waals surface area (Å²) in [5, 5.41) is 10.7. The molecule has 0 saturated heterocycles. The van der Waals surface area contributed by atoms with Gasteiger partial charge in [0.1, 0.15) is 0 Å². The van der Waals surface area contributed by atoms with Crippen LogP contribution in [0.15, 0.2) is 6.07 Å². The Hall–Kier alpha value is -0.380. The van der Waals surface area contributed by atoms with Crippen LogP contribution in [-0.2, 0) is 5.33 Å². The SMILES string of the molecule is O=[N+]([O-])c1cc(CBr)c(I)c(C(F)F)n1. The molecule has 8 heteroatoms. The van der Waals surface area contributed by atoms with Crippen LogP contribution in [0.3, 0.4) is 0 Å². The van der Waals surface area contributed by atoms with Crippen LogP contribution in [0.4, 0.5) is 14.6 Å². The second-order valence-corrected chi connectivity index (χ2v) is 4.17. The lowest BCUT2D eigenvalue weighted by Gasteiger charge is -2.03. The van der Waals surface area contributed by atoms with E-state index in [1.54, 1.807) is 22.6 Å². The standard InChI is InChI=1S/C7H4BrF2IN2O2/c8-2-3-1-4(13(14)15)12-6(5(3)11)7(9)10/h1,7H,2H2. The fourth-order valence-electron chi connectivity index (χ4n) is 0.924. The van der Waals surface area contributed by atoms with Crippen molar-refractivity contribution >= 4 is 44.3 Å². The van der Waals surface area contributed by atoms with Crippen molar-refractivity contribution in [3.05, 3.63) is 31.0 Å².